The van der Waals surface area contributed by atoms with Crippen molar-refractivity contribution in [1.29, 1.82) is 0 Å². The van der Waals surface area contributed by atoms with Crippen LogP contribution in [0.4, 0.5) is 0 Å². The van der Waals surface area contributed by atoms with Crippen LogP contribution in [-0.2, 0) is 11.3 Å². The molecular formula is C20H16N2O4. The molecule has 0 bridgehead atoms. The van der Waals surface area contributed by atoms with Crippen LogP contribution >= 0.6 is 0 Å². The maximum atomic E-state index is 11.4. The van der Waals surface area contributed by atoms with Crippen LogP contribution in [0.5, 0.6) is 0 Å². The van der Waals surface area contributed by atoms with Crippen molar-refractivity contribution < 1.29 is 19.2 Å². The van der Waals surface area contributed by atoms with Crippen molar-refractivity contribution in [3.05, 3.63) is 71.8 Å². The second kappa shape index (κ2) is 6.50. The van der Waals surface area contributed by atoms with E-state index in [0.717, 1.165) is 39.9 Å². The highest BCUT2D eigenvalue weighted by molar-refractivity contribution is 5.91. The molecule has 2 N–H and O–H groups in total. The van der Waals surface area contributed by atoms with Crippen molar-refractivity contribution in [1.82, 2.24) is 10.5 Å². The lowest BCUT2D eigenvalue weighted by Crippen LogP contribution is -2.08. The van der Waals surface area contributed by atoms with Gasteiger partial charge >= 0.3 is 5.97 Å². The summed E-state index contributed by atoms with van der Waals surface area (Å²) in [5.41, 5.74) is 8.44. The van der Waals surface area contributed by atoms with Gasteiger partial charge < -0.3 is 9.52 Å². The summed E-state index contributed by atoms with van der Waals surface area (Å²) in [5, 5.41) is 9.33. The van der Waals surface area contributed by atoms with E-state index in [-0.39, 0.29) is 5.76 Å². The number of nitrogens with one attached hydrogen (secondary N) is 1. The number of rotatable bonds is 5. The van der Waals surface area contributed by atoms with Gasteiger partial charge in [-0.3, -0.25) is 15.3 Å². The second-order valence-corrected chi connectivity index (χ2v) is 5.89. The van der Waals surface area contributed by atoms with E-state index in [1.165, 1.54) is 0 Å². The van der Waals surface area contributed by atoms with Crippen LogP contribution in [0.3, 0.4) is 0 Å². The van der Waals surface area contributed by atoms with Gasteiger partial charge in [0.05, 0.1) is 12.8 Å². The highest BCUT2D eigenvalue weighted by Gasteiger charge is 2.21. The van der Waals surface area contributed by atoms with Gasteiger partial charge in [0.15, 0.2) is 0 Å². The Balaban J connectivity index is 1.80. The monoisotopic (exact) mass is 348 g/mol. The zero-order chi connectivity index (χ0) is 18.1. The third-order valence-corrected chi connectivity index (χ3v) is 4.33. The number of fused-ring (bicyclic) bond motifs is 1. The first-order valence-electron chi connectivity index (χ1n) is 8.07. The van der Waals surface area contributed by atoms with Gasteiger partial charge in [0.25, 0.3) is 0 Å². The average Bonchev–Trinajstić information content (AvgIpc) is 3.27. The van der Waals surface area contributed by atoms with Crippen LogP contribution in [0.1, 0.15) is 21.7 Å². The zero-order valence-electron chi connectivity index (χ0n) is 14.0. The Hall–Kier alpha value is -3.38. The summed E-state index contributed by atoms with van der Waals surface area (Å²) in [6.45, 7) is 0. The van der Waals surface area contributed by atoms with Crippen molar-refractivity contribution in [3.63, 3.8) is 0 Å². The van der Waals surface area contributed by atoms with Crippen molar-refractivity contribution in [2.75, 3.05) is 7.11 Å². The first-order chi connectivity index (χ1) is 12.7. The Bertz CT molecular complexity index is 1010. The fraction of sp³-hybridized carbons (Fsp3) is 0.100. The lowest BCUT2D eigenvalue weighted by molar-refractivity contribution is 0.0663. The molecule has 0 atom stereocenters. The van der Waals surface area contributed by atoms with E-state index in [2.05, 4.69) is 22.6 Å². The number of aromatic nitrogens is 1. The van der Waals surface area contributed by atoms with Crippen LogP contribution in [0.25, 0.3) is 28.1 Å². The maximum absolute atomic E-state index is 11.4. The van der Waals surface area contributed by atoms with E-state index in [0.29, 0.717) is 5.76 Å². The fourth-order valence-electron chi connectivity index (χ4n) is 3.15. The molecule has 1 aliphatic rings. The summed E-state index contributed by atoms with van der Waals surface area (Å²) < 4.78 is 5.62. The second-order valence-electron chi connectivity index (χ2n) is 5.89. The molecule has 6 heteroatoms. The maximum Gasteiger partial charge on any atom is 0.371 e. The quantitative estimate of drug-likeness (QED) is 0.683. The number of pyridine rings is 1. The smallest absolute Gasteiger partial charge is 0.371 e. The lowest BCUT2D eigenvalue weighted by Gasteiger charge is -2.09. The average molecular weight is 348 g/mol. The number of allylic oxidation sites excluding steroid dienone is 1. The lowest BCUT2D eigenvalue weighted by atomic mass is 9.98. The summed E-state index contributed by atoms with van der Waals surface area (Å²) in [4.78, 5) is 20.4. The van der Waals surface area contributed by atoms with Crippen LogP contribution in [0.15, 0.2) is 59.3 Å². The number of carbonyl (C=O) groups is 1. The standard InChI is InChI=1S/C20H16N2O4/c1-25-22-17-5-3-13-10-14(2-4-15(13)17)16-11-18(20(23)24)26-19(16)12-6-8-21-9-7-12/h2,4-11,22H,3H2,1H3,(H,23,24). The minimum Gasteiger partial charge on any atom is -0.475 e. The molecule has 1 aromatic carbocycles. The van der Waals surface area contributed by atoms with Crippen LogP contribution in [0.2, 0.25) is 0 Å². The van der Waals surface area contributed by atoms with Gasteiger partial charge in [0.2, 0.25) is 5.76 Å². The minimum absolute atomic E-state index is 0.0906. The molecule has 0 spiro atoms. The predicted molar refractivity (Wildman–Crippen MR) is 96.2 cm³/mol. The summed E-state index contributed by atoms with van der Waals surface area (Å²) in [6.07, 6.45) is 6.14. The van der Waals surface area contributed by atoms with Crippen molar-refractivity contribution in [2.24, 2.45) is 0 Å². The Morgan fingerprint density at radius 2 is 1.96 bits per heavy atom. The van der Waals surface area contributed by atoms with Gasteiger partial charge in [-0.25, -0.2) is 4.79 Å². The topological polar surface area (TPSA) is 84.6 Å². The molecule has 2 heterocycles. The largest absolute Gasteiger partial charge is 0.475 e. The number of aromatic carboxylic acids is 1. The van der Waals surface area contributed by atoms with Gasteiger partial charge in [0, 0.05) is 29.1 Å². The molecule has 0 amide bonds. The van der Waals surface area contributed by atoms with Crippen LogP contribution in [0, 0.1) is 0 Å². The Morgan fingerprint density at radius 3 is 2.69 bits per heavy atom. The molecule has 2 aromatic heterocycles. The number of benzene rings is 1. The number of furan rings is 1. The molecule has 0 saturated carbocycles. The van der Waals surface area contributed by atoms with Crippen molar-refractivity contribution in [3.8, 4) is 22.5 Å². The highest BCUT2D eigenvalue weighted by Crippen LogP contribution is 2.37. The zero-order valence-corrected chi connectivity index (χ0v) is 14.0. The summed E-state index contributed by atoms with van der Waals surface area (Å²) in [7, 11) is 1.58. The van der Waals surface area contributed by atoms with Gasteiger partial charge in [0.1, 0.15) is 5.76 Å². The van der Waals surface area contributed by atoms with E-state index in [4.69, 9.17) is 9.25 Å². The molecule has 26 heavy (non-hydrogen) atoms. The van der Waals surface area contributed by atoms with E-state index < -0.39 is 5.97 Å². The molecule has 0 unspecified atom stereocenters. The minimum atomic E-state index is -1.10. The molecule has 6 nitrogen and oxygen atoms in total. The SMILES string of the molecule is CONC1=CCc2cc(-c3cc(C(=O)O)oc3-c3ccncc3)ccc21. The van der Waals surface area contributed by atoms with E-state index >= 15 is 0 Å². The summed E-state index contributed by atoms with van der Waals surface area (Å²) in [5.74, 6) is -0.668. The Morgan fingerprint density at radius 1 is 1.15 bits per heavy atom. The fourth-order valence-corrected chi connectivity index (χ4v) is 3.15. The van der Waals surface area contributed by atoms with E-state index in [9.17, 15) is 9.90 Å². The third-order valence-electron chi connectivity index (χ3n) is 4.33. The Labute approximate surface area is 149 Å². The molecule has 1 aliphatic carbocycles. The molecule has 0 saturated heterocycles. The number of hydrogen-bond donors (Lipinski definition) is 2. The highest BCUT2D eigenvalue weighted by atomic mass is 16.6. The number of carboxylic acid groups (broad SMARTS) is 1. The van der Waals surface area contributed by atoms with E-state index in [1.54, 1.807) is 37.7 Å². The normalized spacial score (nSPS) is 12.6. The van der Waals surface area contributed by atoms with Gasteiger partial charge in [-0.15, -0.1) is 0 Å². The number of nitrogens with zero attached hydrogens (tertiary/aromatic N) is 1. The molecule has 0 fully saturated rings. The van der Waals surface area contributed by atoms with Gasteiger partial charge in [-0.1, -0.05) is 24.3 Å². The predicted octanol–water partition coefficient (Wildman–Crippen LogP) is 3.75. The first-order valence-corrected chi connectivity index (χ1v) is 8.07. The first kappa shape index (κ1) is 16.1. The van der Waals surface area contributed by atoms with E-state index in [1.807, 2.05) is 12.1 Å². The number of hydrogen-bond acceptors (Lipinski definition) is 5. The molecule has 0 radical (unpaired) electrons. The van der Waals surface area contributed by atoms with Gasteiger partial charge in [-0.05, 0) is 35.7 Å². The van der Waals surface area contributed by atoms with Crippen molar-refractivity contribution >= 4 is 11.7 Å². The van der Waals surface area contributed by atoms with Gasteiger partial charge in [-0.2, -0.15) is 0 Å². The molecule has 130 valence electrons. The molecule has 3 aromatic rings. The number of hydroxylamine groups is 1. The summed E-state index contributed by atoms with van der Waals surface area (Å²) >= 11 is 0. The molecular weight excluding hydrogens is 332 g/mol. The number of carboxylic acids is 1. The summed E-state index contributed by atoms with van der Waals surface area (Å²) in [6, 6.07) is 11.2. The van der Waals surface area contributed by atoms with Crippen LogP contribution < -0.4 is 5.48 Å². The molecule has 0 aliphatic heterocycles. The van der Waals surface area contributed by atoms with Crippen LogP contribution in [-0.4, -0.2) is 23.2 Å². The Kier molecular flexibility index (Phi) is 4.02. The molecule has 4 rings (SSSR count). The van der Waals surface area contributed by atoms with Crippen molar-refractivity contribution in [2.45, 2.75) is 6.42 Å². The third kappa shape index (κ3) is 2.76.